The Kier molecular flexibility index (Phi) is 3.43. The first kappa shape index (κ1) is 11.0. The third-order valence-electron chi connectivity index (χ3n) is 2.37. The number of carboxylic acid groups (broad SMARTS) is 1. The summed E-state index contributed by atoms with van der Waals surface area (Å²) in [5.74, 6) is -1.04. The van der Waals surface area contributed by atoms with Crippen LogP contribution in [-0.2, 0) is 16.1 Å². The Morgan fingerprint density at radius 3 is 3.25 bits per heavy atom. The minimum atomic E-state index is -1.04. The molecule has 6 heteroatoms. The molecule has 0 saturated carbocycles. The second-order valence-electron chi connectivity index (χ2n) is 3.48. The molecule has 0 amide bonds. The second-order valence-corrected chi connectivity index (χ2v) is 3.48. The van der Waals surface area contributed by atoms with Crippen molar-refractivity contribution in [2.24, 2.45) is 0 Å². The van der Waals surface area contributed by atoms with Crippen LogP contribution in [0.15, 0.2) is 12.5 Å². The average molecular weight is 224 g/mol. The molecule has 6 nitrogen and oxygen atoms in total. The average Bonchev–Trinajstić information content (AvgIpc) is 2.79. The van der Waals surface area contributed by atoms with Gasteiger partial charge >= 0.3 is 5.97 Å². The molecular formula is C10H12N2O4. The van der Waals surface area contributed by atoms with Crippen molar-refractivity contribution < 1.29 is 19.4 Å². The van der Waals surface area contributed by atoms with Crippen molar-refractivity contribution in [1.29, 1.82) is 0 Å². The monoisotopic (exact) mass is 224 g/mol. The van der Waals surface area contributed by atoms with Crippen LogP contribution in [-0.4, -0.2) is 40.4 Å². The van der Waals surface area contributed by atoms with Gasteiger partial charge < -0.3 is 14.6 Å². The first-order valence-electron chi connectivity index (χ1n) is 4.99. The summed E-state index contributed by atoms with van der Waals surface area (Å²) in [6.07, 6.45) is 3.47. The van der Waals surface area contributed by atoms with E-state index in [1.165, 1.54) is 12.5 Å². The Morgan fingerprint density at radius 2 is 2.56 bits per heavy atom. The molecule has 1 N–H and O–H groups in total. The zero-order valence-electron chi connectivity index (χ0n) is 8.63. The summed E-state index contributed by atoms with van der Waals surface area (Å²) in [6.45, 7) is 1.44. The highest BCUT2D eigenvalue weighted by molar-refractivity contribution is 5.88. The number of rotatable bonds is 4. The first-order valence-corrected chi connectivity index (χ1v) is 4.99. The van der Waals surface area contributed by atoms with Gasteiger partial charge in [-0.2, -0.15) is 0 Å². The van der Waals surface area contributed by atoms with E-state index in [1.807, 2.05) is 0 Å². The summed E-state index contributed by atoms with van der Waals surface area (Å²) in [4.78, 5) is 18.4. The molecule has 1 fully saturated rings. The Hall–Kier alpha value is -1.53. The number of ether oxygens (including phenoxy) is 2. The zero-order chi connectivity index (χ0) is 11.4. The summed E-state index contributed by atoms with van der Waals surface area (Å²) in [6, 6.07) is 0. The van der Waals surface area contributed by atoms with Gasteiger partial charge in [-0.15, -0.1) is 0 Å². The Morgan fingerprint density at radius 1 is 1.69 bits per heavy atom. The van der Waals surface area contributed by atoms with Crippen LogP contribution in [0.2, 0.25) is 0 Å². The van der Waals surface area contributed by atoms with Crippen molar-refractivity contribution in [2.75, 3.05) is 13.2 Å². The molecule has 1 aromatic heterocycles. The highest BCUT2D eigenvalue weighted by Crippen LogP contribution is 2.12. The number of hydrogen-bond donors (Lipinski definition) is 1. The molecule has 0 radical (unpaired) electrons. The largest absolute Gasteiger partial charge is 0.478 e. The maximum atomic E-state index is 10.9. The molecule has 1 aromatic rings. The van der Waals surface area contributed by atoms with Gasteiger partial charge in [0, 0.05) is 12.8 Å². The summed E-state index contributed by atoms with van der Waals surface area (Å²) in [7, 11) is 0. The molecular weight excluding hydrogens is 212 g/mol. The van der Waals surface area contributed by atoms with Gasteiger partial charge in [0.1, 0.15) is 11.9 Å². The molecule has 1 atom stereocenters. The van der Waals surface area contributed by atoms with Gasteiger partial charge in [-0.25, -0.2) is 14.8 Å². The van der Waals surface area contributed by atoms with Gasteiger partial charge in [0.15, 0.2) is 0 Å². The van der Waals surface area contributed by atoms with E-state index in [0.29, 0.717) is 18.9 Å². The Bertz CT molecular complexity index is 377. The highest BCUT2D eigenvalue weighted by atomic mass is 16.5. The lowest BCUT2D eigenvalue weighted by Crippen LogP contribution is -2.14. The van der Waals surface area contributed by atoms with Gasteiger partial charge in [-0.05, 0) is 6.42 Å². The van der Waals surface area contributed by atoms with E-state index in [2.05, 4.69) is 9.97 Å². The van der Waals surface area contributed by atoms with Crippen LogP contribution < -0.4 is 0 Å². The van der Waals surface area contributed by atoms with Crippen molar-refractivity contribution in [2.45, 2.75) is 19.1 Å². The zero-order valence-corrected chi connectivity index (χ0v) is 8.63. The molecule has 16 heavy (non-hydrogen) atoms. The van der Waals surface area contributed by atoms with Crippen molar-refractivity contribution in [3.8, 4) is 0 Å². The van der Waals surface area contributed by atoms with Crippen LogP contribution in [0.25, 0.3) is 0 Å². The van der Waals surface area contributed by atoms with Crippen LogP contribution >= 0.6 is 0 Å². The molecule has 2 heterocycles. The molecule has 1 aliphatic heterocycles. The standard InChI is InChI=1S/C10H12N2O4/c13-10(14)8-3-11-6-12-9(8)5-16-7-1-2-15-4-7/h3,6-7H,1-2,4-5H2,(H,13,14). The van der Waals surface area contributed by atoms with Crippen molar-refractivity contribution >= 4 is 5.97 Å². The lowest BCUT2D eigenvalue weighted by atomic mass is 10.2. The van der Waals surface area contributed by atoms with Gasteiger partial charge in [0.2, 0.25) is 0 Å². The lowest BCUT2D eigenvalue weighted by Gasteiger charge is -2.10. The van der Waals surface area contributed by atoms with Gasteiger partial charge in [-0.1, -0.05) is 0 Å². The topological polar surface area (TPSA) is 81.5 Å². The fourth-order valence-electron chi connectivity index (χ4n) is 1.49. The fourth-order valence-corrected chi connectivity index (χ4v) is 1.49. The van der Waals surface area contributed by atoms with E-state index >= 15 is 0 Å². The summed E-state index contributed by atoms with van der Waals surface area (Å²) in [5.41, 5.74) is 0.482. The third-order valence-corrected chi connectivity index (χ3v) is 2.37. The lowest BCUT2D eigenvalue weighted by molar-refractivity contribution is 0.0291. The quantitative estimate of drug-likeness (QED) is 0.801. The van der Waals surface area contributed by atoms with E-state index < -0.39 is 5.97 Å². The maximum Gasteiger partial charge on any atom is 0.339 e. The predicted molar refractivity (Wildman–Crippen MR) is 53.0 cm³/mol. The second kappa shape index (κ2) is 5.00. The molecule has 0 bridgehead atoms. The SMILES string of the molecule is O=C(O)c1cncnc1COC1CCOC1. The molecule has 1 saturated heterocycles. The summed E-state index contributed by atoms with van der Waals surface area (Å²) >= 11 is 0. The molecule has 86 valence electrons. The molecule has 1 aliphatic rings. The van der Waals surface area contributed by atoms with Crippen molar-refractivity contribution in [3.05, 3.63) is 23.8 Å². The van der Waals surface area contributed by atoms with Crippen LogP contribution in [0.1, 0.15) is 22.5 Å². The minimum absolute atomic E-state index is 0.0385. The molecule has 0 aliphatic carbocycles. The van der Waals surface area contributed by atoms with Crippen LogP contribution in [0.5, 0.6) is 0 Å². The Labute approximate surface area is 92.2 Å². The predicted octanol–water partition coefficient (Wildman–Crippen LogP) is 0.480. The number of nitrogens with zero attached hydrogens (tertiary/aromatic N) is 2. The van der Waals surface area contributed by atoms with Gasteiger partial charge in [-0.3, -0.25) is 0 Å². The van der Waals surface area contributed by atoms with Gasteiger partial charge in [0.05, 0.1) is 25.0 Å². The number of carboxylic acids is 1. The number of aromatic carboxylic acids is 1. The smallest absolute Gasteiger partial charge is 0.339 e. The maximum absolute atomic E-state index is 10.9. The fraction of sp³-hybridized carbons (Fsp3) is 0.500. The minimum Gasteiger partial charge on any atom is -0.478 e. The number of aromatic nitrogens is 2. The molecule has 1 unspecified atom stereocenters. The molecule has 0 spiro atoms. The van der Waals surface area contributed by atoms with E-state index in [1.54, 1.807) is 0 Å². The highest BCUT2D eigenvalue weighted by Gasteiger charge is 2.18. The normalized spacial score (nSPS) is 19.9. The van der Waals surface area contributed by atoms with Crippen LogP contribution in [0, 0.1) is 0 Å². The number of carbonyl (C=O) groups is 1. The van der Waals surface area contributed by atoms with Crippen LogP contribution in [0.3, 0.4) is 0 Å². The van der Waals surface area contributed by atoms with E-state index in [4.69, 9.17) is 14.6 Å². The molecule has 2 rings (SSSR count). The van der Waals surface area contributed by atoms with Crippen molar-refractivity contribution in [1.82, 2.24) is 9.97 Å². The first-order chi connectivity index (χ1) is 7.77. The van der Waals surface area contributed by atoms with E-state index in [0.717, 1.165) is 6.42 Å². The van der Waals surface area contributed by atoms with Crippen molar-refractivity contribution in [3.63, 3.8) is 0 Å². The molecule has 0 aromatic carbocycles. The van der Waals surface area contributed by atoms with E-state index in [9.17, 15) is 4.79 Å². The summed E-state index contributed by atoms with van der Waals surface area (Å²) in [5, 5.41) is 8.90. The Balaban J connectivity index is 2.00. The summed E-state index contributed by atoms with van der Waals surface area (Å²) < 4.78 is 10.7. The number of hydrogen-bond acceptors (Lipinski definition) is 5. The van der Waals surface area contributed by atoms with Crippen LogP contribution in [0.4, 0.5) is 0 Å². The van der Waals surface area contributed by atoms with E-state index in [-0.39, 0.29) is 18.3 Å². The van der Waals surface area contributed by atoms with Gasteiger partial charge in [0.25, 0.3) is 0 Å². The third kappa shape index (κ3) is 2.53.